The van der Waals surface area contributed by atoms with Crippen LogP contribution in [0.5, 0.6) is 0 Å². The van der Waals surface area contributed by atoms with Crippen molar-refractivity contribution in [3.05, 3.63) is 63.6 Å². The molecule has 0 spiro atoms. The first-order valence-electron chi connectivity index (χ1n) is 6.53. The Kier molecular flexibility index (Phi) is 5.88. The number of benzene rings is 2. The Labute approximate surface area is 148 Å². The molecule has 0 N–H and O–H groups in total. The quantitative estimate of drug-likeness (QED) is 0.586. The topological polar surface area (TPSA) is 46.6 Å². The summed E-state index contributed by atoms with van der Waals surface area (Å²) in [4.78, 5) is 23.6. The van der Waals surface area contributed by atoms with Gasteiger partial charge >= 0.3 is 5.97 Å². The predicted molar refractivity (Wildman–Crippen MR) is 91.3 cm³/mol. The molecule has 0 saturated carbocycles. The van der Waals surface area contributed by atoms with Gasteiger partial charge in [0.25, 0.3) is 0 Å². The average molecular weight is 373 g/mol. The summed E-state index contributed by atoms with van der Waals surface area (Å²) >= 11 is 17.8. The molecule has 4 nitrogen and oxygen atoms in total. The molecule has 0 heterocycles. The first kappa shape index (κ1) is 17.6. The molecule has 0 saturated heterocycles. The van der Waals surface area contributed by atoms with Crippen LogP contribution < -0.4 is 4.42 Å². The Bertz CT molecular complexity index is 732. The zero-order chi connectivity index (χ0) is 17.0. The first-order valence-corrected chi connectivity index (χ1v) is 7.63. The van der Waals surface area contributed by atoms with Crippen molar-refractivity contribution in [1.82, 2.24) is 0 Å². The van der Waals surface area contributed by atoms with Crippen LogP contribution in [0.4, 0.5) is 5.69 Å². The summed E-state index contributed by atoms with van der Waals surface area (Å²) in [5.41, 5.74) is 1.52. The van der Waals surface area contributed by atoms with Gasteiger partial charge in [0.1, 0.15) is 0 Å². The molecule has 2 rings (SSSR count). The number of halogens is 3. The maximum Gasteiger partial charge on any atom is 0.337 e. The number of rotatable bonds is 4. The second kappa shape index (κ2) is 7.68. The minimum absolute atomic E-state index is 0.0686. The Morgan fingerprint density at radius 2 is 1.70 bits per heavy atom. The molecule has 0 fully saturated rings. The molecule has 0 unspecified atom stereocenters. The van der Waals surface area contributed by atoms with Crippen LogP contribution in [-0.2, 0) is 16.0 Å². The van der Waals surface area contributed by atoms with Crippen LogP contribution in [0.15, 0.2) is 42.5 Å². The van der Waals surface area contributed by atoms with E-state index in [1.165, 1.54) is 19.2 Å². The van der Waals surface area contributed by atoms with Crippen molar-refractivity contribution >= 4 is 52.5 Å². The summed E-state index contributed by atoms with van der Waals surface area (Å²) in [6, 6.07) is 11.1. The van der Waals surface area contributed by atoms with E-state index < -0.39 is 5.97 Å². The summed E-state index contributed by atoms with van der Waals surface area (Å²) < 4.78 is 5.60. The molecule has 0 atom stereocenters. The van der Waals surface area contributed by atoms with E-state index in [-0.39, 0.29) is 12.3 Å². The number of nitrogens with zero attached hydrogens (tertiary/aromatic N) is 1. The molecule has 0 aromatic heterocycles. The van der Waals surface area contributed by atoms with Gasteiger partial charge in [0.15, 0.2) is 0 Å². The smallest absolute Gasteiger partial charge is 0.337 e. The van der Waals surface area contributed by atoms with Crippen molar-refractivity contribution in [2.45, 2.75) is 6.42 Å². The fraction of sp³-hybridized carbons (Fsp3) is 0.125. The molecule has 0 aliphatic rings. The summed E-state index contributed by atoms with van der Waals surface area (Å²) in [7, 11) is 1.30. The van der Waals surface area contributed by atoms with E-state index in [1.54, 1.807) is 30.3 Å². The first-order chi connectivity index (χ1) is 10.9. The number of esters is 1. The Hall–Kier alpha value is -1.75. The number of carbonyl (C=O) groups excluding carboxylic acids is 2. The van der Waals surface area contributed by atoms with Crippen LogP contribution in [0.25, 0.3) is 0 Å². The number of hydrogen-bond acceptors (Lipinski definition) is 3. The highest BCUT2D eigenvalue weighted by atomic mass is 35.5. The van der Waals surface area contributed by atoms with Crippen LogP contribution in [0.2, 0.25) is 10.0 Å². The van der Waals surface area contributed by atoms with Crippen molar-refractivity contribution in [3.63, 3.8) is 0 Å². The number of methoxy groups -OCH3 is 1. The number of hydrogen-bond donors (Lipinski definition) is 0. The van der Waals surface area contributed by atoms with Gasteiger partial charge in [-0.05, 0) is 42.0 Å². The molecule has 2 aromatic rings. The summed E-state index contributed by atoms with van der Waals surface area (Å²) in [5, 5.41) is 0.796. The maximum atomic E-state index is 12.2. The Balaban J connectivity index is 2.09. The summed E-state index contributed by atoms with van der Waals surface area (Å²) in [6.45, 7) is 0. The van der Waals surface area contributed by atoms with Crippen molar-refractivity contribution < 1.29 is 14.3 Å². The molecule has 7 heteroatoms. The molecule has 0 aliphatic carbocycles. The highest BCUT2D eigenvalue weighted by Crippen LogP contribution is 2.24. The third-order valence-corrected chi connectivity index (χ3v) is 4.20. The van der Waals surface area contributed by atoms with E-state index in [0.717, 1.165) is 4.42 Å². The van der Waals surface area contributed by atoms with Crippen molar-refractivity contribution in [2.24, 2.45) is 0 Å². The van der Waals surface area contributed by atoms with E-state index in [0.29, 0.717) is 26.9 Å². The second-order valence-electron chi connectivity index (χ2n) is 4.64. The lowest BCUT2D eigenvalue weighted by Crippen LogP contribution is -2.22. The van der Waals surface area contributed by atoms with Gasteiger partial charge in [0.2, 0.25) is 5.91 Å². The summed E-state index contributed by atoms with van der Waals surface area (Å²) in [6.07, 6.45) is 0.0686. The lowest BCUT2D eigenvalue weighted by Gasteiger charge is -2.14. The standard InChI is InChI=1S/C16H12Cl3NO3/c1-23-16(22)11-3-5-12(6-4-11)20(19)15(21)9-10-2-7-13(17)14(18)8-10/h2-8H,9H2,1H3. The van der Waals surface area contributed by atoms with Crippen molar-refractivity contribution in [2.75, 3.05) is 11.5 Å². The molecule has 0 bridgehead atoms. The number of ether oxygens (including phenoxy) is 1. The van der Waals surface area contributed by atoms with E-state index in [9.17, 15) is 9.59 Å². The monoisotopic (exact) mass is 371 g/mol. The Morgan fingerprint density at radius 1 is 1.04 bits per heavy atom. The molecule has 0 aliphatic heterocycles. The minimum Gasteiger partial charge on any atom is -0.465 e. The Morgan fingerprint density at radius 3 is 2.26 bits per heavy atom. The van der Waals surface area contributed by atoms with E-state index in [4.69, 9.17) is 35.0 Å². The minimum atomic E-state index is -0.459. The number of anilines is 1. The fourth-order valence-electron chi connectivity index (χ4n) is 1.88. The van der Waals surface area contributed by atoms with Gasteiger partial charge in [-0.15, -0.1) is 0 Å². The van der Waals surface area contributed by atoms with E-state index in [2.05, 4.69) is 4.74 Å². The number of carbonyl (C=O) groups is 2. The van der Waals surface area contributed by atoms with Gasteiger partial charge in [-0.1, -0.05) is 29.3 Å². The lowest BCUT2D eigenvalue weighted by molar-refractivity contribution is -0.116. The largest absolute Gasteiger partial charge is 0.465 e. The zero-order valence-corrected chi connectivity index (χ0v) is 14.3. The van der Waals surface area contributed by atoms with Crippen LogP contribution in [0.1, 0.15) is 15.9 Å². The molecule has 0 radical (unpaired) electrons. The number of amides is 1. The van der Waals surface area contributed by atoms with Gasteiger partial charge in [-0.25, -0.2) is 9.21 Å². The van der Waals surface area contributed by atoms with Crippen LogP contribution >= 0.6 is 35.0 Å². The molecule has 2 aromatic carbocycles. The van der Waals surface area contributed by atoms with Crippen LogP contribution in [-0.4, -0.2) is 19.0 Å². The van der Waals surface area contributed by atoms with Crippen LogP contribution in [0, 0.1) is 0 Å². The third kappa shape index (κ3) is 4.38. The van der Waals surface area contributed by atoms with Crippen molar-refractivity contribution in [3.8, 4) is 0 Å². The average Bonchev–Trinajstić information content (AvgIpc) is 2.57. The lowest BCUT2D eigenvalue weighted by atomic mass is 10.1. The van der Waals surface area contributed by atoms with Gasteiger partial charge in [0, 0.05) is 11.8 Å². The molecular weight excluding hydrogens is 361 g/mol. The van der Waals surface area contributed by atoms with Gasteiger partial charge in [0.05, 0.1) is 34.8 Å². The normalized spacial score (nSPS) is 10.3. The predicted octanol–water partition coefficient (Wildman–Crippen LogP) is 4.51. The molecule has 1 amide bonds. The van der Waals surface area contributed by atoms with E-state index >= 15 is 0 Å². The highest BCUT2D eigenvalue weighted by molar-refractivity contribution is 6.42. The SMILES string of the molecule is COC(=O)c1ccc(N(Cl)C(=O)Cc2ccc(Cl)c(Cl)c2)cc1. The molecular formula is C16H12Cl3NO3. The van der Waals surface area contributed by atoms with Crippen LogP contribution in [0.3, 0.4) is 0 Å². The maximum absolute atomic E-state index is 12.2. The van der Waals surface area contributed by atoms with Gasteiger partial charge in [-0.3, -0.25) is 4.79 Å². The van der Waals surface area contributed by atoms with Gasteiger partial charge < -0.3 is 4.74 Å². The highest BCUT2D eigenvalue weighted by Gasteiger charge is 2.15. The molecule has 23 heavy (non-hydrogen) atoms. The third-order valence-electron chi connectivity index (χ3n) is 3.07. The van der Waals surface area contributed by atoms with E-state index in [1.807, 2.05) is 0 Å². The fourth-order valence-corrected chi connectivity index (χ4v) is 2.38. The zero-order valence-electron chi connectivity index (χ0n) is 12.1. The molecule has 120 valence electrons. The van der Waals surface area contributed by atoms with Crippen molar-refractivity contribution in [1.29, 1.82) is 0 Å². The summed E-state index contributed by atoms with van der Waals surface area (Å²) in [5.74, 6) is -0.796. The van der Waals surface area contributed by atoms with Gasteiger partial charge in [-0.2, -0.15) is 0 Å². The second-order valence-corrected chi connectivity index (χ2v) is 5.79.